The monoisotopic (exact) mass is 448 g/mol. The number of hydrogen-bond acceptors (Lipinski definition) is 6. The lowest BCUT2D eigenvalue weighted by molar-refractivity contribution is -0.111. The average Bonchev–Trinajstić information content (AvgIpc) is 3.52. The first-order chi connectivity index (χ1) is 15.5. The third-order valence-corrected chi connectivity index (χ3v) is 5.54. The molecule has 0 saturated heterocycles. The second-order valence-corrected chi connectivity index (χ2v) is 7.88. The molecule has 0 unspecified atom stereocenters. The van der Waals surface area contributed by atoms with E-state index in [1.807, 2.05) is 24.4 Å². The van der Waals surface area contributed by atoms with Crippen LogP contribution in [-0.2, 0) is 4.79 Å². The summed E-state index contributed by atoms with van der Waals surface area (Å²) in [6.07, 6.45) is 3.14. The van der Waals surface area contributed by atoms with Crippen LogP contribution in [0.5, 0.6) is 11.5 Å². The van der Waals surface area contributed by atoms with E-state index in [0.29, 0.717) is 28.1 Å². The molecule has 2 aromatic heterocycles. The second kappa shape index (κ2) is 8.27. The van der Waals surface area contributed by atoms with E-state index in [0.717, 1.165) is 16.8 Å². The number of carbonyl (C=O) groups is 1. The molecule has 0 radical (unpaired) electrons. The van der Waals surface area contributed by atoms with Gasteiger partial charge in [-0.1, -0.05) is 6.07 Å². The highest BCUT2D eigenvalue weighted by atomic mass is 32.1. The highest BCUT2D eigenvalue weighted by Crippen LogP contribution is 2.33. The van der Waals surface area contributed by atoms with Gasteiger partial charge in [-0.3, -0.25) is 4.79 Å². The number of amides is 1. The van der Waals surface area contributed by atoms with E-state index in [9.17, 15) is 9.18 Å². The Morgan fingerprint density at radius 1 is 1.16 bits per heavy atom. The topological polar surface area (TPSA) is 78.3 Å². The highest BCUT2D eigenvalue weighted by Gasteiger charge is 2.15. The Kier molecular flexibility index (Phi) is 5.16. The molecule has 1 N–H and O–H groups in total. The van der Waals surface area contributed by atoms with Crippen LogP contribution in [0.25, 0.3) is 22.5 Å². The minimum absolute atomic E-state index is 0.200. The molecule has 0 bridgehead atoms. The van der Waals surface area contributed by atoms with Crippen LogP contribution in [0.4, 0.5) is 10.2 Å². The zero-order chi connectivity index (χ0) is 22.1. The quantitative estimate of drug-likeness (QED) is 0.443. The molecule has 1 aliphatic heterocycles. The van der Waals surface area contributed by atoms with E-state index >= 15 is 0 Å². The van der Waals surface area contributed by atoms with Crippen LogP contribution in [0, 0.1) is 12.7 Å². The van der Waals surface area contributed by atoms with Gasteiger partial charge in [-0.2, -0.15) is 9.78 Å². The molecular weight excluding hydrogens is 431 g/mol. The molecule has 4 aromatic rings. The number of nitrogens with zero attached hydrogens (tertiary/aromatic N) is 3. The maximum absolute atomic E-state index is 13.2. The fourth-order valence-corrected chi connectivity index (χ4v) is 4.00. The number of nitrogens with one attached hydrogen (secondary N) is 1. The van der Waals surface area contributed by atoms with Crippen LogP contribution in [-0.4, -0.2) is 27.5 Å². The predicted octanol–water partition coefficient (Wildman–Crippen LogP) is 4.82. The lowest BCUT2D eigenvalue weighted by atomic mass is 10.2. The second-order valence-electron chi connectivity index (χ2n) is 7.04. The van der Waals surface area contributed by atoms with Crippen molar-refractivity contribution >= 4 is 29.1 Å². The maximum atomic E-state index is 13.2. The molecule has 1 amide bonds. The summed E-state index contributed by atoms with van der Waals surface area (Å²) < 4.78 is 25.4. The molecule has 3 heterocycles. The van der Waals surface area contributed by atoms with Crippen LogP contribution < -0.4 is 14.8 Å². The highest BCUT2D eigenvalue weighted by molar-refractivity contribution is 7.12. The number of ether oxygens (including phenoxy) is 2. The number of hydrogen-bond donors (Lipinski definition) is 1. The van der Waals surface area contributed by atoms with Gasteiger partial charge in [0.1, 0.15) is 11.6 Å². The number of carbonyl (C=O) groups excluding carboxylic acids is 1. The summed E-state index contributed by atoms with van der Waals surface area (Å²) in [6.45, 7) is 2.04. The average molecular weight is 448 g/mol. The van der Waals surface area contributed by atoms with Gasteiger partial charge in [-0.15, -0.1) is 11.3 Å². The number of anilines is 1. The molecule has 0 aliphatic carbocycles. The molecular formula is C23H17FN4O3S. The number of aromatic nitrogens is 3. The number of benzene rings is 2. The molecule has 1 aliphatic rings. The van der Waals surface area contributed by atoms with Crippen molar-refractivity contribution in [2.24, 2.45) is 0 Å². The van der Waals surface area contributed by atoms with E-state index in [1.54, 1.807) is 35.0 Å². The summed E-state index contributed by atoms with van der Waals surface area (Å²) >= 11 is 1.38. The lowest BCUT2D eigenvalue weighted by Crippen LogP contribution is -2.12. The zero-order valence-electron chi connectivity index (χ0n) is 16.9. The van der Waals surface area contributed by atoms with E-state index in [1.165, 1.54) is 29.5 Å². The van der Waals surface area contributed by atoms with Crippen molar-refractivity contribution in [2.75, 3.05) is 12.1 Å². The number of thiazole rings is 1. The molecule has 32 heavy (non-hydrogen) atoms. The van der Waals surface area contributed by atoms with Gasteiger partial charge in [0.15, 0.2) is 11.5 Å². The first-order valence-electron chi connectivity index (χ1n) is 9.72. The number of aryl methyl sites for hydroxylation is 1. The van der Waals surface area contributed by atoms with Crippen LogP contribution in [0.2, 0.25) is 0 Å². The smallest absolute Gasteiger partial charge is 0.249 e. The molecule has 7 nitrogen and oxygen atoms in total. The summed E-state index contributed by atoms with van der Waals surface area (Å²) in [5.41, 5.74) is 3.06. The molecule has 5 rings (SSSR count). The van der Waals surface area contributed by atoms with Gasteiger partial charge in [0.25, 0.3) is 0 Å². The maximum Gasteiger partial charge on any atom is 0.249 e. The Balaban J connectivity index is 1.33. The lowest BCUT2D eigenvalue weighted by Gasteiger charge is -2.04. The molecule has 0 saturated carbocycles. The largest absolute Gasteiger partial charge is 0.454 e. The van der Waals surface area contributed by atoms with Crippen LogP contribution in [0.3, 0.4) is 0 Å². The minimum atomic E-state index is -0.306. The Bertz CT molecular complexity index is 1330. The number of halogens is 1. The van der Waals surface area contributed by atoms with Crippen molar-refractivity contribution in [2.45, 2.75) is 6.92 Å². The van der Waals surface area contributed by atoms with E-state index in [-0.39, 0.29) is 18.5 Å². The Hall–Kier alpha value is -3.98. The summed E-state index contributed by atoms with van der Waals surface area (Å²) in [5.74, 6) is 1.24. The first kappa shape index (κ1) is 20.0. The zero-order valence-corrected chi connectivity index (χ0v) is 17.7. The summed E-state index contributed by atoms with van der Waals surface area (Å²) in [4.78, 5) is 17.1. The van der Waals surface area contributed by atoms with Crippen molar-refractivity contribution in [3.05, 3.63) is 77.1 Å². The SMILES string of the molecule is Cc1cc(NC(=O)/C=C/c2ccc3c(c2)OCO3)n(-c2nc(-c3ccc(F)cc3)cs2)n1. The van der Waals surface area contributed by atoms with E-state index < -0.39 is 0 Å². The molecule has 160 valence electrons. The standard InChI is InChI=1S/C23H17FN4O3S/c1-14-10-21(26-22(29)9-3-15-2-8-19-20(11-15)31-13-30-19)28(27-14)23-25-18(12-32-23)16-4-6-17(24)7-5-16/h2-12H,13H2,1H3,(H,26,29)/b9-3+. The van der Waals surface area contributed by atoms with Gasteiger partial charge < -0.3 is 14.8 Å². The van der Waals surface area contributed by atoms with E-state index in [4.69, 9.17) is 9.47 Å². The van der Waals surface area contributed by atoms with Crippen LogP contribution in [0.15, 0.2) is 60.0 Å². The third-order valence-electron chi connectivity index (χ3n) is 4.72. The number of rotatable bonds is 5. The fourth-order valence-electron chi connectivity index (χ4n) is 3.21. The molecule has 0 fully saturated rings. The van der Waals surface area contributed by atoms with Crippen LogP contribution in [0.1, 0.15) is 11.3 Å². The van der Waals surface area contributed by atoms with Gasteiger partial charge >= 0.3 is 0 Å². The summed E-state index contributed by atoms with van der Waals surface area (Å²) in [5, 5.41) is 9.75. The Morgan fingerprint density at radius 2 is 1.97 bits per heavy atom. The van der Waals surface area contributed by atoms with Crippen molar-refractivity contribution in [1.29, 1.82) is 0 Å². The van der Waals surface area contributed by atoms with Gasteiger partial charge in [0.2, 0.25) is 17.8 Å². The van der Waals surface area contributed by atoms with Gasteiger partial charge in [-0.25, -0.2) is 9.37 Å². The van der Waals surface area contributed by atoms with Crippen molar-refractivity contribution in [1.82, 2.24) is 14.8 Å². The first-order valence-corrected chi connectivity index (χ1v) is 10.6. The minimum Gasteiger partial charge on any atom is -0.454 e. The summed E-state index contributed by atoms with van der Waals surface area (Å²) in [6, 6.07) is 13.4. The third kappa shape index (κ3) is 4.10. The Morgan fingerprint density at radius 3 is 2.81 bits per heavy atom. The van der Waals surface area contributed by atoms with Gasteiger partial charge in [0, 0.05) is 23.1 Å². The van der Waals surface area contributed by atoms with Crippen LogP contribution >= 0.6 is 11.3 Å². The molecule has 0 atom stereocenters. The Labute approximate surface area is 186 Å². The number of fused-ring (bicyclic) bond motifs is 1. The fraction of sp³-hybridized carbons (Fsp3) is 0.0870. The van der Waals surface area contributed by atoms with Crippen molar-refractivity contribution < 1.29 is 18.7 Å². The molecule has 0 spiro atoms. The molecule has 2 aromatic carbocycles. The summed E-state index contributed by atoms with van der Waals surface area (Å²) in [7, 11) is 0. The normalized spacial score (nSPS) is 12.4. The van der Waals surface area contributed by atoms with Crippen molar-refractivity contribution in [3.63, 3.8) is 0 Å². The van der Waals surface area contributed by atoms with Gasteiger partial charge in [0.05, 0.1) is 11.4 Å². The van der Waals surface area contributed by atoms with E-state index in [2.05, 4.69) is 15.4 Å². The van der Waals surface area contributed by atoms with Gasteiger partial charge in [-0.05, 0) is 55.0 Å². The predicted molar refractivity (Wildman–Crippen MR) is 120 cm³/mol. The molecule has 9 heteroatoms. The van der Waals surface area contributed by atoms with Crippen molar-refractivity contribution in [3.8, 4) is 27.9 Å².